The predicted molar refractivity (Wildman–Crippen MR) is 79.1 cm³/mol. The average Bonchev–Trinajstić information content (AvgIpc) is 2.86. The third-order valence-electron chi connectivity index (χ3n) is 3.85. The van der Waals surface area contributed by atoms with Gasteiger partial charge in [-0.25, -0.2) is 0 Å². The smallest absolute Gasteiger partial charge is 0.325 e. The van der Waals surface area contributed by atoms with Crippen molar-refractivity contribution < 1.29 is 14.3 Å². The number of amides is 1. The summed E-state index contributed by atoms with van der Waals surface area (Å²) in [7, 11) is 1.34. The first-order valence-electron chi connectivity index (χ1n) is 7.02. The van der Waals surface area contributed by atoms with Gasteiger partial charge < -0.3 is 9.64 Å². The number of thiophene rings is 1. The summed E-state index contributed by atoms with van der Waals surface area (Å²) in [6.45, 7) is 4.66. The summed E-state index contributed by atoms with van der Waals surface area (Å²) in [4.78, 5) is 26.8. The molecular weight excluding hydrogens is 274 g/mol. The molecule has 0 aromatic carbocycles. The average molecular weight is 295 g/mol. The number of hydrogen-bond acceptors (Lipinski definition) is 4. The summed E-state index contributed by atoms with van der Waals surface area (Å²) in [5.74, 6) is 0.268. The fourth-order valence-electron chi connectivity index (χ4n) is 2.57. The standard InChI is InChI=1S/C15H21NO3S/c1-4-16(8-14(17)19-3)15(18)12-9-20-13-7-10(2)5-6-11(12)13/h9-10H,4-8H2,1-3H3. The Bertz CT molecular complexity index is 509. The summed E-state index contributed by atoms with van der Waals surface area (Å²) < 4.78 is 4.65. The molecule has 0 radical (unpaired) electrons. The van der Waals surface area contributed by atoms with Gasteiger partial charge in [0, 0.05) is 16.8 Å². The van der Waals surface area contributed by atoms with Crippen LogP contribution in [0.2, 0.25) is 0 Å². The van der Waals surface area contributed by atoms with E-state index in [1.54, 1.807) is 16.2 Å². The first kappa shape index (κ1) is 15.0. The minimum Gasteiger partial charge on any atom is -0.468 e. The van der Waals surface area contributed by atoms with Gasteiger partial charge in [-0.15, -0.1) is 11.3 Å². The topological polar surface area (TPSA) is 46.6 Å². The van der Waals surface area contributed by atoms with Crippen LogP contribution in [0.4, 0.5) is 0 Å². The zero-order valence-electron chi connectivity index (χ0n) is 12.3. The van der Waals surface area contributed by atoms with E-state index >= 15 is 0 Å². The molecule has 1 atom stereocenters. The molecule has 0 N–H and O–H groups in total. The maximum atomic E-state index is 12.6. The zero-order valence-corrected chi connectivity index (χ0v) is 13.1. The summed E-state index contributed by atoms with van der Waals surface area (Å²) in [6.07, 6.45) is 3.17. The Labute approximate surface area is 123 Å². The minimum absolute atomic E-state index is 0.0207. The Hall–Kier alpha value is -1.36. The molecule has 1 unspecified atom stereocenters. The van der Waals surface area contributed by atoms with Crippen molar-refractivity contribution >= 4 is 23.2 Å². The second kappa shape index (κ2) is 6.39. The maximum Gasteiger partial charge on any atom is 0.325 e. The van der Waals surface area contributed by atoms with E-state index < -0.39 is 0 Å². The number of carbonyl (C=O) groups excluding carboxylic acids is 2. The Morgan fingerprint density at radius 3 is 2.90 bits per heavy atom. The number of ether oxygens (including phenoxy) is 1. The lowest BCUT2D eigenvalue weighted by molar-refractivity contribution is -0.141. The third kappa shape index (κ3) is 3.03. The molecule has 1 aromatic heterocycles. The monoisotopic (exact) mass is 295 g/mol. The van der Waals surface area contributed by atoms with Crippen molar-refractivity contribution in [2.75, 3.05) is 20.2 Å². The van der Waals surface area contributed by atoms with Crippen molar-refractivity contribution in [3.05, 3.63) is 21.4 Å². The molecule has 1 aliphatic rings. The van der Waals surface area contributed by atoms with E-state index in [9.17, 15) is 9.59 Å². The van der Waals surface area contributed by atoms with E-state index in [1.807, 2.05) is 12.3 Å². The molecule has 0 bridgehead atoms. The van der Waals surface area contributed by atoms with E-state index in [-0.39, 0.29) is 18.4 Å². The van der Waals surface area contributed by atoms with Crippen LogP contribution in [0.15, 0.2) is 5.38 Å². The molecule has 0 saturated heterocycles. The fraction of sp³-hybridized carbons (Fsp3) is 0.600. The Morgan fingerprint density at radius 1 is 1.50 bits per heavy atom. The van der Waals surface area contributed by atoms with Crippen LogP contribution in [0.3, 0.4) is 0 Å². The predicted octanol–water partition coefficient (Wildman–Crippen LogP) is 2.51. The third-order valence-corrected chi connectivity index (χ3v) is 4.90. The highest BCUT2D eigenvalue weighted by Gasteiger charge is 2.26. The number of hydrogen-bond donors (Lipinski definition) is 0. The maximum absolute atomic E-state index is 12.6. The van der Waals surface area contributed by atoms with Gasteiger partial charge in [0.15, 0.2) is 0 Å². The van der Waals surface area contributed by atoms with Crippen LogP contribution in [-0.4, -0.2) is 37.0 Å². The van der Waals surface area contributed by atoms with Gasteiger partial charge in [-0.05, 0) is 37.7 Å². The van der Waals surface area contributed by atoms with Crippen molar-refractivity contribution in [3.63, 3.8) is 0 Å². The van der Waals surface area contributed by atoms with E-state index in [0.717, 1.165) is 24.8 Å². The lowest BCUT2D eigenvalue weighted by atomic mass is 9.88. The van der Waals surface area contributed by atoms with Crippen LogP contribution >= 0.6 is 11.3 Å². The Balaban J connectivity index is 2.18. The molecule has 0 saturated carbocycles. The van der Waals surface area contributed by atoms with E-state index in [0.29, 0.717) is 12.5 Å². The molecule has 1 amide bonds. The fourth-order valence-corrected chi connectivity index (χ4v) is 3.81. The Morgan fingerprint density at radius 2 is 2.25 bits per heavy atom. The van der Waals surface area contributed by atoms with Crippen molar-refractivity contribution in [2.24, 2.45) is 5.92 Å². The van der Waals surface area contributed by atoms with Crippen LogP contribution < -0.4 is 0 Å². The summed E-state index contributed by atoms with van der Waals surface area (Å²) in [5.41, 5.74) is 1.98. The highest BCUT2D eigenvalue weighted by Crippen LogP contribution is 2.33. The molecule has 2 rings (SSSR count). The second-order valence-electron chi connectivity index (χ2n) is 5.29. The molecule has 0 fully saturated rings. The zero-order chi connectivity index (χ0) is 14.7. The molecule has 110 valence electrons. The van der Waals surface area contributed by atoms with Gasteiger partial charge in [-0.2, -0.15) is 0 Å². The minimum atomic E-state index is -0.377. The second-order valence-corrected chi connectivity index (χ2v) is 6.26. The quantitative estimate of drug-likeness (QED) is 0.802. The van der Waals surface area contributed by atoms with E-state index in [1.165, 1.54) is 17.6 Å². The molecule has 20 heavy (non-hydrogen) atoms. The summed E-state index contributed by atoms with van der Waals surface area (Å²) >= 11 is 1.67. The first-order valence-corrected chi connectivity index (χ1v) is 7.90. The van der Waals surface area contributed by atoms with Gasteiger partial charge in [-0.1, -0.05) is 6.92 Å². The SMILES string of the molecule is CCN(CC(=O)OC)C(=O)c1csc2c1CCC(C)C2. The molecule has 5 heteroatoms. The van der Waals surface area contributed by atoms with Crippen molar-refractivity contribution in [3.8, 4) is 0 Å². The van der Waals surface area contributed by atoms with Crippen molar-refractivity contribution in [1.82, 2.24) is 4.90 Å². The lowest BCUT2D eigenvalue weighted by Crippen LogP contribution is -2.36. The number of methoxy groups -OCH3 is 1. The van der Waals surface area contributed by atoms with Crippen LogP contribution in [0.1, 0.15) is 41.1 Å². The molecular formula is C15H21NO3S. The number of carbonyl (C=O) groups is 2. The molecule has 0 spiro atoms. The largest absolute Gasteiger partial charge is 0.468 e. The van der Waals surface area contributed by atoms with Gasteiger partial charge in [0.1, 0.15) is 6.54 Å². The summed E-state index contributed by atoms with van der Waals surface area (Å²) in [6, 6.07) is 0. The van der Waals surface area contributed by atoms with Gasteiger partial charge in [0.25, 0.3) is 5.91 Å². The van der Waals surface area contributed by atoms with E-state index in [4.69, 9.17) is 0 Å². The van der Waals surface area contributed by atoms with Crippen molar-refractivity contribution in [1.29, 1.82) is 0 Å². The summed E-state index contributed by atoms with van der Waals surface area (Å²) in [5, 5.41) is 1.95. The van der Waals surface area contributed by atoms with Gasteiger partial charge in [-0.3, -0.25) is 9.59 Å². The highest BCUT2D eigenvalue weighted by atomic mass is 32.1. The number of esters is 1. The van der Waals surface area contributed by atoms with E-state index in [2.05, 4.69) is 11.7 Å². The first-order chi connectivity index (χ1) is 9.56. The molecule has 0 aliphatic heterocycles. The molecule has 4 nitrogen and oxygen atoms in total. The molecule has 1 aromatic rings. The normalized spacial score (nSPS) is 17.4. The van der Waals surface area contributed by atoms with Crippen LogP contribution in [0.25, 0.3) is 0 Å². The Kier molecular flexibility index (Phi) is 4.81. The van der Waals surface area contributed by atoms with Crippen LogP contribution in [0, 0.1) is 5.92 Å². The molecule has 1 aliphatic carbocycles. The van der Waals surface area contributed by atoms with Gasteiger partial charge in [0.2, 0.25) is 0 Å². The van der Waals surface area contributed by atoms with Crippen LogP contribution in [-0.2, 0) is 22.4 Å². The van der Waals surface area contributed by atoms with Gasteiger partial charge >= 0.3 is 5.97 Å². The number of likely N-dealkylation sites (N-methyl/N-ethyl adjacent to an activating group) is 1. The number of nitrogens with zero attached hydrogens (tertiary/aromatic N) is 1. The van der Waals surface area contributed by atoms with Crippen LogP contribution in [0.5, 0.6) is 0 Å². The number of fused-ring (bicyclic) bond motifs is 1. The number of rotatable bonds is 4. The van der Waals surface area contributed by atoms with Gasteiger partial charge in [0.05, 0.1) is 12.7 Å². The molecule has 1 heterocycles. The highest BCUT2D eigenvalue weighted by molar-refractivity contribution is 7.10. The lowest BCUT2D eigenvalue weighted by Gasteiger charge is -2.22. The van der Waals surface area contributed by atoms with Crippen molar-refractivity contribution in [2.45, 2.75) is 33.1 Å².